The predicted octanol–water partition coefficient (Wildman–Crippen LogP) is 3.69. The molecule has 2 aromatic carbocycles. The molecule has 2 heterocycles. The minimum atomic E-state index is -4.48. The van der Waals surface area contributed by atoms with E-state index in [-0.39, 0.29) is 46.9 Å². The molecule has 3 aromatic rings. The van der Waals surface area contributed by atoms with Crippen molar-refractivity contribution in [2.45, 2.75) is 24.0 Å². The van der Waals surface area contributed by atoms with Crippen LogP contribution in [0.3, 0.4) is 0 Å². The molecule has 1 saturated heterocycles. The third-order valence-corrected chi connectivity index (χ3v) is 7.65. The maximum Gasteiger partial charge on any atom is 0.416 e. The van der Waals surface area contributed by atoms with Crippen LogP contribution in [-0.4, -0.2) is 53.9 Å². The van der Waals surface area contributed by atoms with E-state index in [0.29, 0.717) is 13.1 Å². The van der Waals surface area contributed by atoms with E-state index in [4.69, 9.17) is 4.52 Å². The summed E-state index contributed by atoms with van der Waals surface area (Å²) in [6.45, 7) is 2.94. The predicted molar refractivity (Wildman–Crippen MR) is 115 cm³/mol. The Hall–Kier alpha value is -3.27. The first-order valence-corrected chi connectivity index (χ1v) is 11.8. The Kier molecular flexibility index (Phi) is 6.44. The lowest BCUT2D eigenvalue weighted by molar-refractivity contribution is -0.137. The second-order valence-electron chi connectivity index (χ2n) is 7.76. The third kappa shape index (κ3) is 4.68. The summed E-state index contributed by atoms with van der Waals surface area (Å²) in [6.07, 6.45) is -4.48. The first-order valence-electron chi connectivity index (χ1n) is 10.4. The summed E-state index contributed by atoms with van der Waals surface area (Å²) in [4.78, 5) is 6.19. The highest BCUT2D eigenvalue weighted by Crippen LogP contribution is 2.32. The summed E-state index contributed by atoms with van der Waals surface area (Å²) in [6, 6.07) is 12.3. The van der Waals surface area contributed by atoms with Crippen molar-refractivity contribution >= 4 is 10.0 Å². The maximum atomic E-state index is 13.0. The number of hydrogen-bond donors (Lipinski definition) is 0. The summed E-state index contributed by atoms with van der Waals surface area (Å²) in [5.41, 5.74) is -0.532. The highest BCUT2D eigenvalue weighted by molar-refractivity contribution is 7.89. The Balaban J connectivity index is 1.45. The fraction of sp³-hybridized carbons (Fsp3) is 0.318. The van der Waals surface area contributed by atoms with Crippen LogP contribution in [0.2, 0.25) is 0 Å². The Labute approximate surface area is 194 Å². The van der Waals surface area contributed by atoms with Gasteiger partial charge in [-0.2, -0.15) is 27.7 Å². The fourth-order valence-electron chi connectivity index (χ4n) is 3.77. The Morgan fingerprint density at radius 3 is 2.47 bits per heavy atom. The lowest BCUT2D eigenvalue weighted by Gasteiger charge is -2.36. The smallest absolute Gasteiger partial charge is 0.337 e. The number of alkyl halides is 3. The fourth-order valence-corrected chi connectivity index (χ4v) is 5.33. The Morgan fingerprint density at radius 2 is 1.79 bits per heavy atom. The van der Waals surface area contributed by atoms with Gasteiger partial charge in [-0.1, -0.05) is 29.4 Å². The van der Waals surface area contributed by atoms with Gasteiger partial charge in [-0.25, -0.2) is 8.42 Å². The second kappa shape index (κ2) is 9.17. The third-order valence-electron chi connectivity index (χ3n) is 5.69. The van der Waals surface area contributed by atoms with E-state index in [1.807, 2.05) is 11.0 Å². The number of rotatable bonds is 5. The zero-order valence-corrected chi connectivity index (χ0v) is 18.8. The molecule has 0 aliphatic carbocycles. The number of hydrogen-bond acceptors (Lipinski definition) is 7. The van der Waals surface area contributed by atoms with Gasteiger partial charge in [0.25, 0.3) is 0 Å². The standard InChI is InChI=1S/C22H20F3N5O3S/c1-15(21-27-20(28-33-21)16-6-4-7-18(13-16)22(23,24)25)29-9-11-30(12-10-29)34(31,32)19-8-3-2-5-17(19)14-26/h2-8,13,15H,9-12H2,1H3. The number of nitrogens with zero attached hydrogens (tertiary/aromatic N) is 5. The molecule has 1 atom stereocenters. The molecular formula is C22H20F3N5O3S. The molecule has 0 N–H and O–H groups in total. The largest absolute Gasteiger partial charge is 0.416 e. The van der Waals surface area contributed by atoms with Crippen LogP contribution in [0, 0.1) is 11.3 Å². The van der Waals surface area contributed by atoms with Crippen LogP contribution in [0.4, 0.5) is 13.2 Å². The van der Waals surface area contributed by atoms with Crippen molar-refractivity contribution < 1.29 is 26.1 Å². The van der Waals surface area contributed by atoms with Crippen molar-refractivity contribution in [3.05, 3.63) is 65.5 Å². The lowest BCUT2D eigenvalue weighted by Crippen LogP contribution is -2.49. The van der Waals surface area contributed by atoms with Crippen molar-refractivity contribution in [3.63, 3.8) is 0 Å². The number of nitriles is 1. The van der Waals surface area contributed by atoms with Gasteiger partial charge in [0, 0.05) is 31.7 Å². The average molecular weight is 491 g/mol. The van der Waals surface area contributed by atoms with Gasteiger partial charge in [-0.15, -0.1) is 0 Å². The summed E-state index contributed by atoms with van der Waals surface area (Å²) in [5.74, 6) is 0.265. The van der Waals surface area contributed by atoms with E-state index in [1.165, 1.54) is 28.6 Å². The highest BCUT2D eigenvalue weighted by atomic mass is 32.2. The summed E-state index contributed by atoms with van der Waals surface area (Å²) in [7, 11) is -3.83. The van der Waals surface area contributed by atoms with E-state index >= 15 is 0 Å². The molecule has 34 heavy (non-hydrogen) atoms. The molecule has 1 aliphatic heterocycles. The number of benzene rings is 2. The molecule has 8 nitrogen and oxygen atoms in total. The van der Waals surface area contributed by atoms with E-state index in [2.05, 4.69) is 10.1 Å². The topological polar surface area (TPSA) is 103 Å². The Bertz CT molecular complexity index is 1330. The summed E-state index contributed by atoms with van der Waals surface area (Å²) in [5, 5.41) is 13.1. The molecule has 0 spiro atoms. The lowest BCUT2D eigenvalue weighted by atomic mass is 10.1. The van der Waals surface area contributed by atoms with Crippen molar-refractivity contribution in [2.24, 2.45) is 0 Å². The minimum Gasteiger partial charge on any atom is -0.337 e. The van der Waals surface area contributed by atoms with Crippen LogP contribution in [0.5, 0.6) is 0 Å². The van der Waals surface area contributed by atoms with Crippen molar-refractivity contribution in [1.82, 2.24) is 19.3 Å². The molecule has 0 amide bonds. The van der Waals surface area contributed by atoms with Crippen LogP contribution < -0.4 is 0 Å². The van der Waals surface area contributed by atoms with Crippen LogP contribution >= 0.6 is 0 Å². The molecule has 1 fully saturated rings. The molecular weight excluding hydrogens is 471 g/mol. The maximum absolute atomic E-state index is 13.0. The van der Waals surface area contributed by atoms with Crippen molar-refractivity contribution in [2.75, 3.05) is 26.2 Å². The van der Waals surface area contributed by atoms with Gasteiger partial charge in [-0.05, 0) is 31.2 Å². The van der Waals surface area contributed by atoms with Crippen molar-refractivity contribution in [1.29, 1.82) is 5.26 Å². The molecule has 0 bridgehead atoms. The first-order chi connectivity index (χ1) is 16.1. The van der Waals surface area contributed by atoms with Gasteiger partial charge in [0.1, 0.15) is 6.07 Å². The SMILES string of the molecule is CC(c1nc(-c2cccc(C(F)(F)F)c2)no1)N1CCN(S(=O)(=O)c2ccccc2C#N)CC1. The number of piperazine rings is 1. The monoisotopic (exact) mass is 491 g/mol. The van der Waals surface area contributed by atoms with Crippen LogP contribution in [-0.2, 0) is 16.2 Å². The van der Waals surface area contributed by atoms with E-state index in [1.54, 1.807) is 19.1 Å². The highest BCUT2D eigenvalue weighted by Gasteiger charge is 2.34. The van der Waals surface area contributed by atoms with Crippen LogP contribution in [0.15, 0.2) is 57.9 Å². The van der Waals surface area contributed by atoms with E-state index in [9.17, 15) is 26.9 Å². The normalized spacial score (nSPS) is 16.8. The van der Waals surface area contributed by atoms with Gasteiger partial charge in [-0.3, -0.25) is 4.90 Å². The molecule has 1 aromatic heterocycles. The average Bonchev–Trinajstić information content (AvgIpc) is 3.33. The second-order valence-corrected chi connectivity index (χ2v) is 9.67. The van der Waals surface area contributed by atoms with Crippen LogP contribution in [0.1, 0.15) is 30.0 Å². The molecule has 12 heteroatoms. The number of aromatic nitrogens is 2. The molecule has 1 aliphatic rings. The van der Waals surface area contributed by atoms with E-state index < -0.39 is 21.8 Å². The quantitative estimate of drug-likeness (QED) is 0.536. The van der Waals surface area contributed by atoms with Gasteiger partial charge in [0.15, 0.2) is 0 Å². The van der Waals surface area contributed by atoms with Gasteiger partial charge < -0.3 is 4.52 Å². The van der Waals surface area contributed by atoms with Crippen LogP contribution in [0.25, 0.3) is 11.4 Å². The summed E-state index contributed by atoms with van der Waals surface area (Å²) >= 11 is 0. The van der Waals surface area contributed by atoms with E-state index in [0.717, 1.165) is 12.1 Å². The molecule has 0 radical (unpaired) electrons. The van der Waals surface area contributed by atoms with Gasteiger partial charge in [0.2, 0.25) is 21.7 Å². The number of sulfonamides is 1. The van der Waals surface area contributed by atoms with Gasteiger partial charge >= 0.3 is 6.18 Å². The van der Waals surface area contributed by atoms with Gasteiger partial charge in [0.05, 0.1) is 22.1 Å². The molecule has 178 valence electrons. The minimum absolute atomic E-state index is 0.0263. The molecule has 4 rings (SSSR count). The first kappa shape index (κ1) is 23.9. The number of halogens is 3. The van der Waals surface area contributed by atoms with Crippen molar-refractivity contribution in [3.8, 4) is 17.5 Å². The summed E-state index contributed by atoms with van der Waals surface area (Å²) < 4.78 is 71.6. The Morgan fingerprint density at radius 1 is 1.09 bits per heavy atom. The zero-order chi connectivity index (χ0) is 24.5. The molecule has 0 saturated carbocycles. The molecule has 1 unspecified atom stereocenters. The zero-order valence-electron chi connectivity index (χ0n) is 18.0.